The van der Waals surface area contributed by atoms with E-state index in [2.05, 4.69) is 83.8 Å². The van der Waals surface area contributed by atoms with Gasteiger partial charge in [0, 0.05) is 41.3 Å². The van der Waals surface area contributed by atoms with E-state index in [1.165, 1.54) is 51.4 Å². The van der Waals surface area contributed by atoms with Crippen LogP contribution in [0.4, 0.5) is 0 Å². The molecule has 4 aromatic carbocycles. The highest BCUT2D eigenvalue weighted by Crippen LogP contribution is 2.55. The Hall–Kier alpha value is -1.92. The molecule has 4 aromatic rings. The first-order chi connectivity index (χ1) is 22.5. The molecule has 0 N–H and O–H groups in total. The van der Waals surface area contributed by atoms with Gasteiger partial charge in [0.25, 0.3) is 0 Å². The Labute approximate surface area is 294 Å². The summed E-state index contributed by atoms with van der Waals surface area (Å²) >= 11 is 7.74. The predicted molar refractivity (Wildman–Crippen MR) is 204 cm³/mol. The van der Waals surface area contributed by atoms with E-state index in [0.29, 0.717) is 26.4 Å². The summed E-state index contributed by atoms with van der Waals surface area (Å²) in [6.45, 7) is 11.6. The lowest BCUT2D eigenvalue weighted by atomic mass is 9.91. The highest BCUT2D eigenvalue weighted by molar-refractivity contribution is 9.10. The average molecular weight is 761 g/mol. The van der Waals surface area contributed by atoms with E-state index in [0.717, 1.165) is 116 Å². The van der Waals surface area contributed by atoms with Crippen LogP contribution in [0.5, 0.6) is 23.0 Å². The molecule has 0 bridgehead atoms. The minimum atomic E-state index is 0.665. The van der Waals surface area contributed by atoms with Crippen molar-refractivity contribution < 1.29 is 18.9 Å². The molecule has 0 heterocycles. The Morgan fingerprint density at radius 2 is 0.609 bits per heavy atom. The van der Waals surface area contributed by atoms with Gasteiger partial charge in [-0.1, -0.05) is 137 Å². The van der Waals surface area contributed by atoms with Crippen LogP contribution in [0.15, 0.2) is 33.2 Å². The van der Waals surface area contributed by atoms with E-state index in [9.17, 15) is 0 Å². The van der Waals surface area contributed by atoms with Gasteiger partial charge >= 0.3 is 0 Å². The fraction of sp³-hybridized carbons (Fsp3) is 0.600. The van der Waals surface area contributed by atoms with E-state index in [-0.39, 0.29) is 0 Å². The van der Waals surface area contributed by atoms with Crippen molar-refractivity contribution in [3.63, 3.8) is 0 Å². The van der Waals surface area contributed by atoms with Crippen LogP contribution in [-0.2, 0) is 0 Å². The predicted octanol–water partition coefficient (Wildman–Crippen LogP) is 13.9. The second kappa shape index (κ2) is 19.8. The molecule has 254 valence electrons. The zero-order valence-corrected chi connectivity index (χ0v) is 32.0. The molecule has 0 unspecified atom stereocenters. The minimum absolute atomic E-state index is 0.665. The number of ether oxygens (including phenoxy) is 4. The van der Waals surface area contributed by atoms with Crippen LogP contribution in [0.1, 0.15) is 130 Å². The van der Waals surface area contributed by atoms with Crippen molar-refractivity contribution in [1.82, 2.24) is 0 Å². The van der Waals surface area contributed by atoms with Crippen molar-refractivity contribution in [3.8, 4) is 23.0 Å². The van der Waals surface area contributed by atoms with Crippen molar-refractivity contribution in [2.45, 2.75) is 130 Å². The third-order valence-corrected chi connectivity index (χ3v) is 9.74. The summed E-state index contributed by atoms with van der Waals surface area (Å²) in [4.78, 5) is 0. The minimum Gasteiger partial charge on any atom is -0.489 e. The topological polar surface area (TPSA) is 36.9 Å². The van der Waals surface area contributed by atoms with Gasteiger partial charge in [-0.15, -0.1) is 0 Å². The summed E-state index contributed by atoms with van der Waals surface area (Å²) < 4.78 is 28.9. The highest BCUT2D eigenvalue weighted by atomic mass is 79.9. The molecule has 0 aliphatic heterocycles. The third kappa shape index (κ3) is 9.58. The second-order valence-corrected chi connectivity index (χ2v) is 14.5. The number of halogens is 2. The van der Waals surface area contributed by atoms with Crippen molar-refractivity contribution in [3.05, 3.63) is 33.2 Å². The van der Waals surface area contributed by atoms with Gasteiger partial charge in [0.1, 0.15) is 0 Å². The van der Waals surface area contributed by atoms with E-state index < -0.39 is 0 Å². The number of rotatable bonds is 24. The molecule has 4 nitrogen and oxygen atoms in total. The Kier molecular flexibility index (Phi) is 15.9. The number of unbranched alkanes of at least 4 members (excludes halogenated alkanes) is 12. The molecular weight excluding hydrogens is 704 g/mol. The maximum Gasteiger partial charge on any atom is 0.169 e. The molecule has 0 radical (unpaired) electrons. The molecule has 0 saturated heterocycles. The fourth-order valence-corrected chi connectivity index (χ4v) is 7.26. The van der Waals surface area contributed by atoms with Crippen LogP contribution >= 0.6 is 31.9 Å². The van der Waals surface area contributed by atoms with Gasteiger partial charge in [-0.05, 0) is 49.9 Å². The van der Waals surface area contributed by atoms with Crippen LogP contribution in [0.3, 0.4) is 0 Å². The van der Waals surface area contributed by atoms with Gasteiger partial charge < -0.3 is 18.9 Å². The summed E-state index contributed by atoms with van der Waals surface area (Å²) in [5.74, 6) is 3.36. The fourth-order valence-electron chi connectivity index (χ4n) is 6.34. The molecule has 4 rings (SSSR count). The molecule has 0 fully saturated rings. The van der Waals surface area contributed by atoms with E-state index in [4.69, 9.17) is 18.9 Å². The summed E-state index contributed by atoms with van der Waals surface area (Å²) in [5.41, 5.74) is 0. The molecule has 46 heavy (non-hydrogen) atoms. The van der Waals surface area contributed by atoms with Crippen LogP contribution in [0.25, 0.3) is 32.3 Å². The molecule has 0 amide bonds. The van der Waals surface area contributed by atoms with Crippen LogP contribution < -0.4 is 18.9 Å². The number of hydrogen-bond donors (Lipinski definition) is 0. The lowest BCUT2D eigenvalue weighted by molar-refractivity contribution is 0.263. The van der Waals surface area contributed by atoms with Gasteiger partial charge in [0.05, 0.1) is 26.4 Å². The smallest absolute Gasteiger partial charge is 0.169 e. The summed E-state index contributed by atoms with van der Waals surface area (Å²) in [6.07, 6.45) is 18.5. The van der Waals surface area contributed by atoms with Crippen LogP contribution in [0, 0.1) is 0 Å². The third-order valence-electron chi connectivity index (χ3n) is 8.82. The molecule has 0 spiro atoms. The lowest BCUT2D eigenvalue weighted by Crippen LogP contribution is -2.07. The van der Waals surface area contributed by atoms with Gasteiger partial charge in [-0.2, -0.15) is 0 Å². The highest BCUT2D eigenvalue weighted by Gasteiger charge is 2.27. The summed E-state index contributed by atoms with van der Waals surface area (Å²) in [7, 11) is 0. The Bertz CT molecular complexity index is 1270. The summed E-state index contributed by atoms with van der Waals surface area (Å²) in [6, 6.07) is 8.80. The average Bonchev–Trinajstić information content (AvgIpc) is 3.04. The largest absolute Gasteiger partial charge is 0.489 e. The molecule has 0 aliphatic carbocycles. The summed E-state index contributed by atoms with van der Waals surface area (Å²) in [5, 5.41) is 6.57. The van der Waals surface area contributed by atoms with Crippen LogP contribution in [0.2, 0.25) is 0 Å². The normalized spacial score (nSPS) is 11.7. The molecule has 0 aromatic heterocycles. The molecule has 0 atom stereocenters. The Morgan fingerprint density at radius 3 is 0.826 bits per heavy atom. The second-order valence-electron chi connectivity index (χ2n) is 12.7. The van der Waals surface area contributed by atoms with Crippen molar-refractivity contribution in [1.29, 1.82) is 0 Å². The van der Waals surface area contributed by atoms with E-state index in [1.54, 1.807) is 0 Å². The number of hydrogen-bond acceptors (Lipinski definition) is 4. The first-order valence-electron chi connectivity index (χ1n) is 18.2. The van der Waals surface area contributed by atoms with Crippen molar-refractivity contribution in [2.75, 3.05) is 26.4 Å². The van der Waals surface area contributed by atoms with Crippen molar-refractivity contribution in [2.24, 2.45) is 0 Å². The maximum absolute atomic E-state index is 6.74. The Balaban J connectivity index is 1.92. The van der Waals surface area contributed by atoms with E-state index >= 15 is 0 Å². The quantitative estimate of drug-likeness (QED) is 0.0526. The van der Waals surface area contributed by atoms with E-state index in [1.807, 2.05) is 0 Å². The zero-order chi connectivity index (χ0) is 32.7. The number of benzene rings is 4. The zero-order valence-electron chi connectivity index (χ0n) is 28.8. The molecule has 0 aliphatic rings. The van der Waals surface area contributed by atoms with Crippen LogP contribution in [-0.4, -0.2) is 26.4 Å². The SMILES string of the molecule is CCCCCCOc1c(OCCCCCC)c2cc(Br)cc3c(OCCCCCC)c(OCCCCCC)c4cc(Br)cc1c4c23. The molecule has 6 heteroatoms. The monoisotopic (exact) mass is 758 g/mol. The van der Waals surface area contributed by atoms with Gasteiger partial charge in [-0.3, -0.25) is 0 Å². The first-order valence-corrected chi connectivity index (χ1v) is 19.8. The Morgan fingerprint density at radius 1 is 0.370 bits per heavy atom. The van der Waals surface area contributed by atoms with Gasteiger partial charge in [0.2, 0.25) is 0 Å². The van der Waals surface area contributed by atoms with Gasteiger partial charge in [0.15, 0.2) is 23.0 Å². The standard InChI is InChI=1S/C40H56Br2O4/c1-5-9-13-17-21-43-37-31-25-29(41)27-33-35(31)36-32(38(37)44-22-18-14-10-6-2)26-30(42)28-34(36)40(46-24-20-16-12-8-4)39(33)45-23-19-15-11-7-3/h25-28H,5-24H2,1-4H3. The first kappa shape index (κ1) is 36.9. The molecular formula is C40H56Br2O4. The molecule has 0 saturated carbocycles. The maximum atomic E-state index is 6.74. The van der Waals surface area contributed by atoms with Crippen molar-refractivity contribution >= 4 is 64.2 Å². The van der Waals surface area contributed by atoms with Gasteiger partial charge in [-0.25, -0.2) is 0 Å². The lowest BCUT2D eigenvalue weighted by Gasteiger charge is -2.24.